The lowest BCUT2D eigenvalue weighted by Gasteiger charge is -2.07. The number of hydrogen-bond acceptors (Lipinski definition) is 6. The molecule has 7 heteroatoms. The van der Waals surface area contributed by atoms with Crippen LogP contribution in [0.1, 0.15) is 11.3 Å². The monoisotopic (exact) mass is 261 g/mol. The number of rotatable bonds is 3. The van der Waals surface area contributed by atoms with E-state index in [1.807, 2.05) is 6.92 Å². The van der Waals surface area contributed by atoms with Crippen molar-refractivity contribution in [2.45, 2.75) is 17.0 Å². The first-order chi connectivity index (χ1) is 8.70. The summed E-state index contributed by atoms with van der Waals surface area (Å²) in [5.74, 6) is 0.0221. The Morgan fingerprint density at radius 1 is 1.39 bits per heavy atom. The topological polar surface area (TPSA) is 97.3 Å². The van der Waals surface area contributed by atoms with Crippen LogP contribution in [0, 0.1) is 6.92 Å². The second kappa shape index (κ2) is 5.46. The van der Waals surface area contributed by atoms with Crippen LogP contribution in [0.4, 0.5) is 0 Å². The van der Waals surface area contributed by atoms with E-state index in [-0.39, 0.29) is 5.84 Å². The van der Waals surface area contributed by atoms with Crippen molar-refractivity contribution in [2.75, 3.05) is 0 Å². The Hall–Kier alpha value is -2.15. The molecule has 6 nitrogen and oxygen atoms in total. The predicted molar refractivity (Wildman–Crippen MR) is 67.6 cm³/mol. The zero-order chi connectivity index (χ0) is 13.0. The smallest absolute Gasteiger partial charge is 0.172 e. The number of pyridine rings is 1. The molecule has 0 aromatic carbocycles. The fourth-order valence-corrected chi connectivity index (χ4v) is 2.19. The lowest BCUT2D eigenvalue weighted by atomic mass is 10.2. The predicted octanol–water partition coefficient (Wildman–Crippen LogP) is 1.43. The molecule has 0 saturated heterocycles. The van der Waals surface area contributed by atoms with Crippen molar-refractivity contribution in [1.82, 2.24) is 15.0 Å². The molecule has 2 aromatic rings. The fraction of sp³-hybridized carbons (Fsp3) is 0.0909. The van der Waals surface area contributed by atoms with Crippen LogP contribution in [0.5, 0.6) is 0 Å². The van der Waals surface area contributed by atoms with Gasteiger partial charge in [-0.25, -0.2) is 9.97 Å². The van der Waals surface area contributed by atoms with E-state index in [9.17, 15) is 0 Å². The van der Waals surface area contributed by atoms with Crippen molar-refractivity contribution in [3.05, 3.63) is 42.0 Å². The summed E-state index contributed by atoms with van der Waals surface area (Å²) in [5, 5.41) is 13.1. The van der Waals surface area contributed by atoms with Gasteiger partial charge in [0.05, 0.1) is 11.8 Å². The number of nitrogens with zero attached hydrogens (tertiary/aromatic N) is 4. The first kappa shape index (κ1) is 12.3. The van der Waals surface area contributed by atoms with Gasteiger partial charge in [-0.15, -0.1) is 0 Å². The van der Waals surface area contributed by atoms with E-state index < -0.39 is 0 Å². The average Bonchev–Trinajstić information content (AvgIpc) is 2.39. The second-order valence-electron chi connectivity index (χ2n) is 3.44. The summed E-state index contributed by atoms with van der Waals surface area (Å²) in [4.78, 5) is 12.5. The fourth-order valence-electron chi connectivity index (χ4n) is 1.30. The van der Waals surface area contributed by atoms with Gasteiger partial charge in [0.2, 0.25) is 0 Å². The summed E-state index contributed by atoms with van der Waals surface area (Å²) in [6.07, 6.45) is 4.82. The average molecular weight is 261 g/mol. The highest BCUT2D eigenvalue weighted by Gasteiger charge is 2.11. The zero-order valence-corrected chi connectivity index (χ0v) is 10.4. The molecule has 0 unspecified atom stereocenters. The number of aromatic nitrogens is 3. The molecule has 0 aliphatic carbocycles. The van der Waals surface area contributed by atoms with Gasteiger partial charge in [-0.3, -0.25) is 4.98 Å². The Kier molecular flexibility index (Phi) is 3.73. The van der Waals surface area contributed by atoms with E-state index in [1.54, 1.807) is 30.7 Å². The van der Waals surface area contributed by atoms with Crippen LogP contribution >= 0.6 is 11.8 Å². The Balaban J connectivity index is 2.40. The van der Waals surface area contributed by atoms with Gasteiger partial charge in [-0.1, -0.05) is 5.16 Å². The summed E-state index contributed by atoms with van der Waals surface area (Å²) < 4.78 is 0. The Morgan fingerprint density at radius 3 is 2.89 bits per heavy atom. The molecule has 2 aromatic heterocycles. The van der Waals surface area contributed by atoms with Gasteiger partial charge in [0.15, 0.2) is 5.84 Å². The Bertz CT molecular complexity index is 573. The lowest BCUT2D eigenvalue weighted by molar-refractivity contribution is 0.318. The van der Waals surface area contributed by atoms with Gasteiger partial charge in [0, 0.05) is 18.1 Å². The molecule has 2 heterocycles. The Morgan fingerprint density at radius 2 is 2.22 bits per heavy atom. The van der Waals surface area contributed by atoms with Crippen LogP contribution in [0.25, 0.3) is 0 Å². The largest absolute Gasteiger partial charge is 0.409 e. The quantitative estimate of drug-likeness (QED) is 0.375. The summed E-state index contributed by atoms with van der Waals surface area (Å²) in [7, 11) is 0. The lowest BCUT2D eigenvalue weighted by Crippen LogP contribution is -2.15. The highest BCUT2D eigenvalue weighted by atomic mass is 32.2. The van der Waals surface area contributed by atoms with Gasteiger partial charge < -0.3 is 10.9 Å². The van der Waals surface area contributed by atoms with Gasteiger partial charge in [-0.05, 0) is 30.8 Å². The van der Waals surface area contributed by atoms with Crippen molar-refractivity contribution in [3.8, 4) is 0 Å². The molecular weight excluding hydrogens is 250 g/mol. The van der Waals surface area contributed by atoms with E-state index in [2.05, 4.69) is 20.1 Å². The van der Waals surface area contributed by atoms with Crippen molar-refractivity contribution in [3.63, 3.8) is 0 Å². The second-order valence-corrected chi connectivity index (χ2v) is 4.45. The molecule has 3 N–H and O–H groups in total. The highest BCUT2D eigenvalue weighted by Crippen LogP contribution is 2.26. The number of amidine groups is 1. The van der Waals surface area contributed by atoms with Gasteiger partial charge in [-0.2, -0.15) is 0 Å². The molecule has 0 aliphatic rings. The Labute approximate surface area is 108 Å². The summed E-state index contributed by atoms with van der Waals surface area (Å²) >= 11 is 1.32. The molecule has 92 valence electrons. The SMILES string of the molecule is Cc1ccc(C(N)=NO)c(Sc2cnccn2)n1. The maximum absolute atomic E-state index is 8.75. The number of nitrogens with two attached hydrogens (primary N) is 1. The van der Waals surface area contributed by atoms with Crippen LogP contribution in [-0.4, -0.2) is 26.0 Å². The number of hydrogen-bond donors (Lipinski definition) is 2. The van der Waals surface area contributed by atoms with E-state index >= 15 is 0 Å². The van der Waals surface area contributed by atoms with Gasteiger partial charge in [0.1, 0.15) is 10.1 Å². The summed E-state index contributed by atoms with van der Waals surface area (Å²) in [6, 6.07) is 3.56. The minimum absolute atomic E-state index is 0.0221. The molecule has 0 saturated carbocycles. The molecule has 2 rings (SSSR count). The van der Waals surface area contributed by atoms with Crippen molar-refractivity contribution < 1.29 is 5.21 Å². The van der Waals surface area contributed by atoms with E-state index in [1.165, 1.54) is 11.8 Å². The van der Waals surface area contributed by atoms with Gasteiger partial charge >= 0.3 is 0 Å². The van der Waals surface area contributed by atoms with E-state index in [0.717, 1.165) is 5.69 Å². The third-order valence-corrected chi connectivity index (χ3v) is 3.05. The van der Waals surface area contributed by atoms with Crippen LogP contribution < -0.4 is 5.73 Å². The standard InChI is InChI=1S/C11H11N5OS/c1-7-2-3-8(10(12)16-17)11(15-7)18-9-6-13-4-5-14-9/h2-6,17H,1H3,(H2,12,16). The molecule has 0 aliphatic heterocycles. The first-order valence-electron chi connectivity index (χ1n) is 5.10. The molecular formula is C11H11N5OS. The van der Waals surface area contributed by atoms with E-state index in [0.29, 0.717) is 15.6 Å². The van der Waals surface area contributed by atoms with Crippen LogP contribution in [-0.2, 0) is 0 Å². The molecule has 0 atom stereocenters. The number of aryl methyl sites for hydroxylation is 1. The van der Waals surface area contributed by atoms with Crippen LogP contribution in [0.3, 0.4) is 0 Å². The third kappa shape index (κ3) is 2.75. The summed E-state index contributed by atoms with van der Waals surface area (Å²) in [5.41, 5.74) is 7.02. The normalized spacial score (nSPS) is 11.5. The van der Waals surface area contributed by atoms with Gasteiger partial charge in [0.25, 0.3) is 0 Å². The van der Waals surface area contributed by atoms with Crippen molar-refractivity contribution in [2.24, 2.45) is 10.9 Å². The molecule has 18 heavy (non-hydrogen) atoms. The first-order valence-corrected chi connectivity index (χ1v) is 5.92. The zero-order valence-electron chi connectivity index (χ0n) is 9.61. The molecule has 0 amide bonds. The van der Waals surface area contributed by atoms with E-state index in [4.69, 9.17) is 10.9 Å². The highest BCUT2D eigenvalue weighted by molar-refractivity contribution is 7.99. The maximum Gasteiger partial charge on any atom is 0.172 e. The molecule has 0 fully saturated rings. The minimum Gasteiger partial charge on any atom is -0.409 e. The summed E-state index contributed by atoms with van der Waals surface area (Å²) in [6.45, 7) is 1.87. The third-order valence-electron chi connectivity index (χ3n) is 2.12. The van der Waals surface area contributed by atoms with Crippen molar-refractivity contribution in [1.29, 1.82) is 0 Å². The molecule has 0 bridgehead atoms. The van der Waals surface area contributed by atoms with Crippen LogP contribution in [0.2, 0.25) is 0 Å². The number of oxime groups is 1. The van der Waals surface area contributed by atoms with Crippen molar-refractivity contribution >= 4 is 17.6 Å². The maximum atomic E-state index is 8.75. The molecule has 0 radical (unpaired) electrons. The molecule has 0 spiro atoms. The van der Waals surface area contributed by atoms with Crippen LogP contribution in [0.15, 0.2) is 45.9 Å². The minimum atomic E-state index is 0.0221.